The molecule has 0 aliphatic rings. The SMILES string of the molecule is CN(CCCCCBr)C(=O)c1ccccc1I. The summed E-state index contributed by atoms with van der Waals surface area (Å²) < 4.78 is 1.02. The molecule has 94 valence electrons. The zero-order valence-electron chi connectivity index (χ0n) is 9.96. The van der Waals surface area contributed by atoms with Gasteiger partial charge in [-0.2, -0.15) is 0 Å². The number of rotatable bonds is 6. The number of alkyl halides is 1. The summed E-state index contributed by atoms with van der Waals surface area (Å²) in [7, 11) is 1.87. The van der Waals surface area contributed by atoms with Crippen molar-refractivity contribution in [1.82, 2.24) is 4.90 Å². The van der Waals surface area contributed by atoms with Gasteiger partial charge in [-0.25, -0.2) is 0 Å². The summed E-state index contributed by atoms with van der Waals surface area (Å²) in [6.07, 6.45) is 3.40. The number of nitrogens with zero attached hydrogens (tertiary/aromatic N) is 1. The Bertz CT molecular complexity index is 370. The van der Waals surface area contributed by atoms with Gasteiger partial charge in [0.15, 0.2) is 0 Å². The van der Waals surface area contributed by atoms with E-state index in [1.807, 2.05) is 36.2 Å². The quantitative estimate of drug-likeness (QED) is 0.396. The fourth-order valence-corrected chi connectivity index (χ4v) is 2.58. The van der Waals surface area contributed by atoms with Gasteiger partial charge in [-0.05, 0) is 47.6 Å². The van der Waals surface area contributed by atoms with Gasteiger partial charge in [0.25, 0.3) is 5.91 Å². The third kappa shape index (κ3) is 4.95. The van der Waals surface area contributed by atoms with Gasteiger partial charge >= 0.3 is 0 Å². The molecular formula is C13H17BrINO. The van der Waals surface area contributed by atoms with Crippen LogP contribution in [0.15, 0.2) is 24.3 Å². The van der Waals surface area contributed by atoms with E-state index in [1.165, 1.54) is 6.42 Å². The Hall–Kier alpha value is -0.100. The lowest BCUT2D eigenvalue weighted by Gasteiger charge is -2.17. The lowest BCUT2D eigenvalue weighted by Crippen LogP contribution is -2.28. The first-order valence-electron chi connectivity index (χ1n) is 5.72. The molecule has 1 amide bonds. The molecule has 2 nitrogen and oxygen atoms in total. The number of carbonyl (C=O) groups is 1. The standard InChI is InChI=1S/C13H17BrINO/c1-16(10-6-2-5-9-14)13(17)11-7-3-4-8-12(11)15/h3-4,7-8H,2,5-6,9-10H2,1H3. The van der Waals surface area contributed by atoms with Gasteiger partial charge in [0.2, 0.25) is 0 Å². The van der Waals surface area contributed by atoms with Crippen molar-refractivity contribution >= 4 is 44.4 Å². The van der Waals surface area contributed by atoms with Gasteiger partial charge in [0.05, 0.1) is 5.56 Å². The molecule has 0 radical (unpaired) electrons. The van der Waals surface area contributed by atoms with E-state index in [9.17, 15) is 4.79 Å². The Morgan fingerprint density at radius 3 is 2.65 bits per heavy atom. The first-order chi connectivity index (χ1) is 8.16. The molecule has 0 bridgehead atoms. The summed E-state index contributed by atoms with van der Waals surface area (Å²) in [6.45, 7) is 0.830. The molecule has 1 aromatic rings. The first kappa shape index (κ1) is 15.0. The van der Waals surface area contributed by atoms with Crippen molar-refractivity contribution in [3.05, 3.63) is 33.4 Å². The minimum Gasteiger partial charge on any atom is -0.342 e. The molecule has 1 rings (SSSR count). The van der Waals surface area contributed by atoms with E-state index in [0.717, 1.165) is 33.9 Å². The fourth-order valence-electron chi connectivity index (χ4n) is 1.56. The molecule has 0 aliphatic carbocycles. The van der Waals surface area contributed by atoms with E-state index in [1.54, 1.807) is 0 Å². The van der Waals surface area contributed by atoms with Crippen molar-refractivity contribution in [2.75, 3.05) is 18.9 Å². The molecule has 0 spiro atoms. The molecule has 4 heteroatoms. The van der Waals surface area contributed by atoms with E-state index in [4.69, 9.17) is 0 Å². The fraction of sp³-hybridized carbons (Fsp3) is 0.462. The van der Waals surface area contributed by atoms with Crippen molar-refractivity contribution in [2.45, 2.75) is 19.3 Å². The summed E-state index contributed by atoms with van der Waals surface area (Å²) in [5.74, 6) is 0.119. The first-order valence-corrected chi connectivity index (χ1v) is 7.92. The number of hydrogen-bond donors (Lipinski definition) is 0. The largest absolute Gasteiger partial charge is 0.342 e. The predicted molar refractivity (Wildman–Crippen MR) is 83.8 cm³/mol. The van der Waals surface area contributed by atoms with Gasteiger partial charge in [0, 0.05) is 22.5 Å². The summed E-state index contributed by atoms with van der Waals surface area (Å²) in [6, 6.07) is 7.72. The van der Waals surface area contributed by atoms with Crippen molar-refractivity contribution in [2.24, 2.45) is 0 Å². The van der Waals surface area contributed by atoms with E-state index < -0.39 is 0 Å². The Balaban J connectivity index is 2.49. The Kier molecular flexibility index (Phi) is 7.11. The normalized spacial score (nSPS) is 10.3. The third-order valence-corrected chi connectivity index (χ3v) is 4.08. The van der Waals surface area contributed by atoms with Crippen molar-refractivity contribution in [1.29, 1.82) is 0 Å². The molecule has 0 aliphatic heterocycles. The highest BCUT2D eigenvalue weighted by Gasteiger charge is 2.13. The zero-order valence-corrected chi connectivity index (χ0v) is 13.7. The van der Waals surface area contributed by atoms with Crippen LogP contribution in [0.25, 0.3) is 0 Å². The molecule has 0 aromatic heterocycles. The van der Waals surface area contributed by atoms with Gasteiger partial charge in [0.1, 0.15) is 0 Å². The molecule has 0 N–H and O–H groups in total. The number of amides is 1. The lowest BCUT2D eigenvalue weighted by molar-refractivity contribution is 0.0791. The van der Waals surface area contributed by atoms with E-state index in [0.29, 0.717) is 0 Å². The topological polar surface area (TPSA) is 20.3 Å². The third-order valence-electron chi connectivity index (χ3n) is 2.58. The van der Waals surface area contributed by atoms with E-state index >= 15 is 0 Å². The number of carbonyl (C=O) groups excluding carboxylic acids is 1. The second kappa shape index (κ2) is 8.08. The smallest absolute Gasteiger partial charge is 0.254 e. The summed E-state index contributed by atoms with van der Waals surface area (Å²) in [5, 5.41) is 1.04. The molecule has 0 saturated carbocycles. The van der Waals surface area contributed by atoms with Crippen molar-refractivity contribution < 1.29 is 4.79 Å². The molecule has 0 atom stereocenters. The number of halogens is 2. The van der Waals surface area contributed by atoms with Crippen LogP contribution in [0, 0.1) is 3.57 Å². The summed E-state index contributed by atoms with van der Waals surface area (Å²) in [4.78, 5) is 14.0. The molecule has 0 saturated heterocycles. The van der Waals surface area contributed by atoms with Crippen LogP contribution in [0.4, 0.5) is 0 Å². The minimum absolute atomic E-state index is 0.119. The molecule has 0 unspecified atom stereocenters. The Labute approximate surface area is 125 Å². The van der Waals surface area contributed by atoms with Crippen LogP contribution >= 0.6 is 38.5 Å². The minimum atomic E-state index is 0.119. The summed E-state index contributed by atoms with van der Waals surface area (Å²) >= 11 is 5.62. The highest BCUT2D eigenvalue weighted by molar-refractivity contribution is 14.1. The van der Waals surface area contributed by atoms with E-state index in [2.05, 4.69) is 38.5 Å². The van der Waals surface area contributed by atoms with Crippen LogP contribution in [0.5, 0.6) is 0 Å². The van der Waals surface area contributed by atoms with Gasteiger partial charge in [-0.1, -0.05) is 34.5 Å². The van der Waals surface area contributed by atoms with Crippen LogP contribution < -0.4 is 0 Å². The molecule has 17 heavy (non-hydrogen) atoms. The molecule has 0 heterocycles. The van der Waals surface area contributed by atoms with Gasteiger partial charge in [-0.15, -0.1) is 0 Å². The molecular weight excluding hydrogens is 393 g/mol. The lowest BCUT2D eigenvalue weighted by atomic mass is 10.2. The maximum atomic E-state index is 12.1. The Morgan fingerprint density at radius 2 is 2.00 bits per heavy atom. The van der Waals surface area contributed by atoms with Crippen molar-refractivity contribution in [3.8, 4) is 0 Å². The van der Waals surface area contributed by atoms with Crippen LogP contribution in [0.3, 0.4) is 0 Å². The number of unbranched alkanes of at least 4 members (excludes halogenated alkanes) is 2. The molecule has 0 fully saturated rings. The second-order valence-corrected chi connectivity index (χ2v) is 5.91. The van der Waals surface area contributed by atoms with Gasteiger partial charge < -0.3 is 4.90 Å². The highest BCUT2D eigenvalue weighted by Crippen LogP contribution is 2.13. The molecule has 1 aromatic carbocycles. The van der Waals surface area contributed by atoms with Crippen LogP contribution in [-0.2, 0) is 0 Å². The average Bonchev–Trinajstić information content (AvgIpc) is 2.34. The van der Waals surface area contributed by atoms with Gasteiger partial charge in [-0.3, -0.25) is 4.79 Å². The highest BCUT2D eigenvalue weighted by atomic mass is 127. The van der Waals surface area contributed by atoms with Crippen LogP contribution in [0.2, 0.25) is 0 Å². The predicted octanol–water partition coefficient (Wildman–Crippen LogP) is 3.93. The second-order valence-electron chi connectivity index (χ2n) is 3.96. The number of benzene rings is 1. The van der Waals surface area contributed by atoms with Crippen LogP contribution in [-0.4, -0.2) is 29.7 Å². The van der Waals surface area contributed by atoms with Crippen molar-refractivity contribution in [3.63, 3.8) is 0 Å². The van der Waals surface area contributed by atoms with E-state index in [-0.39, 0.29) is 5.91 Å². The average molecular weight is 410 g/mol. The maximum Gasteiger partial charge on any atom is 0.254 e. The van der Waals surface area contributed by atoms with Crippen LogP contribution in [0.1, 0.15) is 29.6 Å². The zero-order chi connectivity index (χ0) is 12.7. The monoisotopic (exact) mass is 409 g/mol. The maximum absolute atomic E-state index is 12.1. The Morgan fingerprint density at radius 1 is 1.29 bits per heavy atom. The number of hydrogen-bond acceptors (Lipinski definition) is 1. The summed E-state index contributed by atoms with van der Waals surface area (Å²) in [5.41, 5.74) is 0.802.